The molecule has 2 aromatic rings. The average molecular weight is 370 g/mol. The molecule has 2 atom stereocenters. The molecule has 1 aliphatic heterocycles. The molecule has 1 heterocycles. The van der Waals surface area contributed by atoms with Gasteiger partial charge < -0.3 is 15.0 Å². The van der Waals surface area contributed by atoms with E-state index in [1.807, 2.05) is 24.3 Å². The van der Waals surface area contributed by atoms with Crippen LogP contribution in [0.1, 0.15) is 30.0 Å². The van der Waals surface area contributed by atoms with E-state index in [2.05, 4.69) is 5.32 Å². The second kappa shape index (κ2) is 8.20. The smallest absolute Gasteiger partial charge is 0.225 e. The van der Waals surface area contributed by atoms with Crippen molar-refractivity contribution < 1.29 is 18.7 Å². The van der Waals surface area contributed by atoms with Gasteiger partial charge in [0, 0.05) is 20.0 Å². The molecule has 1 saturated heterocycles. The number of hydrogen-bond donors (Lipinski definition) is 1. The SMILES string of the molecule is COc1ccc(CNC(=O)[C@H]2CCC(=O)N(C)[C@H]2c2cccc(F)c2)cc1. The number of halogens is 1. The number of nitrogens with one attached hydrogen (secondary N) is 1. The van der Waals surface area contributed by atoms with Crippen molar-refractivity contribution >= 4 is 11.8 Å². The number of nitrogens with zero attached hydrogens (tertiary/aromatic N) is 1. The normalized spacial score (nSPS) is 19.7. The van der Waals surface area contributed by atoms with Crippen LogP contribution in [0.5, 0.6) is 5.75 Å². The van der Waals surface area contributed by atoms with Crippen LogP contribution in [0.25, 0.3) is 0 Å². The third-order valence-electron chi connectivity index (χ3n) is 5.01. The molecule has 3 rings (SSSR count). The molecule has 0 unspecified atom stereocenters. The van der Waals surface area contributed by atoms with Crippen molar-refractivity contribution in [3.05, 3.63) is 65.5 Å². The third kappa shape index (κ3) is 4.27. The number of rotatable bonds is 5. The quantitative estimate of drug-likeness (QED) is 0.880. The maximum absolute atomic E-state index is 13.7. The van der Waals surface area contributed by atoms with Gasteiger partial charge in [-0.25, -0.2) is 4.39 Å². The van der Waals surface area contributed by atoms with Crippen LogP contribution in [0, 0.1) is 11.7 Å². The van der Waals surface area contributed by atoms with E-state index in [1.54, 1.807) is 31.2 Å². The van der Waals surface area contributed by atoms with Gasteiger partial charge in [-0.2, -0.15) is 0 Å². The largest absolute Gasteiger partial charge is 0.497 e. The maximum atomic E-state index is 13.7. The summed E-state index contributed by atoms with van der Waals surface area (Å²) in [5.41, 5.74) is 1.59. The number of hydrogen-bond acceptors (Lipinski definition) is 3. The zero-order valence-electron chi connectivity index (χ0n) is 15.4. The highest BCUT2D eigenvalue weighted by Gasteiger charge is 2.38. The van der Waals surface area contributed by atoms with Crippen LogP contribution in [-0.2, 0) is 16.1 Å². The highest BCUT2D eigenvalue weighted by Crippen LogP contribution is 2.36. The number of benzene rings is 2. The minimum atomic E-state index is -0.474. The number of amides is 2. The van der Waals surface area contributed by atoms with Crippen LogP contribution in [0.2, 0.25) is 0 Å². The Bertz CT molecular complexity index is 822. The monoisotopic (exact) mass is 370 g/mol. The van der Waals surface area contributed by atoms with E-state index in [9.17, 15) is 14.0 Å². The number of ether oxygens (including phenoxy) is 1. The summed E-state index contributed by atoms with van der Waals surface area (Å²) in [4.78, 5) is 26.6. The molecule has 0 aliphatic carbocycles. The van der Waals surface area contributed by atoms with Crippen LogP contribution < -0.4 is 10.1 Å². The first-order valence-electron chi connectivity index (χ1n) is 8.91. The van der Waals surface area contributed by atoms with Crippen LogP contribution in [0.4, 0.5) is 4.39 Å². The van der Waals surface area contributed by atoms with Crippen LogP contribution >= 0.6 is 0 Å². The summed E-state index contributed by atoms with van der Waals surface area (Å²) in [5.74, 6) is -0.226. The second-order valence-corrected chi connectivity index (χ2v) is 6.72. The number of likely N-dealkylation sites (tertiary alicyclic amines) is 1. The van der Waals surface area contributed by atoms with Crippen molar-refractivity contribution in [2.45, 2.75) is 25.4 Å². The molecule has 2 amide bonds. The molecule has 6 heteroatoms. The standard InChI is InChI=1S/C21H23FN2O3/c1-24-19(25)11-10-18(20(24)15-4-3-5-16(22)12-15)21(26)23-13-14-6-8-17(27-2)9-7-14/h3-9,12,18,20H,10-11,13H2,1-2H3,(H,23,26)/t18-,20-/m0/s1. The third-order valence-corrected chi connectivity index (χ3v) is 5.01. The van der Waals surface area contributed by atoms with Crippen molar-refractivity contribution in [3.63, 3.8) is 0 Å². The molecule has 0 aromatic heterocycles. The predicted octanol–water partition coefficient (Wildman–Crippen LogP) is 3.06. The predicted molar refractivity (Wildman–Crippen MR) is 99.5 cm³/mol. The zero-order valence-corrected chi connectivity index (χ0v) is 15.4. The molecule has 0 radical (unpaired) electrons. The Morgan fingerprint density at radius 2 is 2.00 bits per heavy atom. The second-order valence-electron chi connectivity index (χ2n) is 6.72. The summed E-state index contributed by atoms with van der Waals surface area (Å²) >= 11 is 0. The molecule has 0 saturated carbocycles. The van der Waals surface area contributed by atoms with Crippen LogP contribution in [0.15, 0.2) is 48.5 Å². The van der Waals surface area contributed by atoms with Crippen LogP contribution in [0.3, 0.4) is 0 Å². The summed E-state index contributed by atoms with van der Waals surface area (Å²) in [6.07, 6.45) is 0.752. The molecule has 27 heavy (non-hydrogen) atoms. The molecule has 0 bridgehead atoms. The van der Waals surface area contributed by atoms with E-state index >= 15 is 0 Å². The number of carbonyl (C=O) groups is 2. The fourth-order valence-corrected chi connectivity index (χ4v) is 3.52. The molecule has 1 N–H and O–H groups in total. The molecular formula is C21H23FN2O3. The maximum Gasteiger partial charge on any atom is 0.225 e. The lowest BCUT2D eigenvalue weighted by Gasteiger charge is -2.38. The Kier molecular flexibility index (Phi) is 5.74. The van der Waals surface area contributed by atoms with Gasteiger partial charge in [0.25, 0.3) is 0 Å². The Hall–Kier alpha value is -2.89. The van der Waals surface area contributed by atoms with E-state index in [1.165, 1.54) is 12.1 Å². The minimum Gasteiger partial charge on any atom is -0.497 e. The van der Waals surface area contributed by atoms with Gasteiger partial charge in [0.05, 0.1) is 19.1 Å². The molecule has 142 valence electrons. The van der Waals surface area contributed by atoms with Crippen molar-refractivity contribution in [3.8, 4) is 5.75 Å². The summed E-state index contributed by atoms with van der Waals surface area (Å²) in [6.45, 7) is 0.382. The van der Waals surface area contributed by atoms with E-state index in [4.69, 9.17) is 4.74 Å². The molecule has 5 nitrogen and oxygen atoms in total. The van der Waals surface area contributed by atoms with Gasteiger partial charge in [0.2, 0.25) is 11.8 Å². The summed E-state index contributed by atoms with van der Waals surface area (Å²) in [6, 6.07) is 13.1. The Labute approximate surface area is 158 Å². The molecule has 1 aliphatic rings. The van der Waals surface area contributed by atoms with Crippen molar-refractivity contribution in [1.29, 1.82) is 0 Å². The van der Waals surface area contributed by atoms with E-state index in [-0.39, 0.29) is 17.6 Å². The molecule has 1 fully saturated rings. The van der Waals surface area contributed by atoms with Gasteiger partial charge in [-0.05, 0) is 41.8 Å². The van der Waals surface area contributed by atoms with Gasteiger partial charge in [0.1, 0.15) is 11.6 Å². The lowest BCUT2D eigenvalue weighted by molar-refractivity contribution is -0.141. The first-order valence-corrected chi connectivity index (χ1v) is 8.91. The summed E-state index contributed by atoms with van der Waals surface area (Å²) in [7, 11) is 3.27. The van der Waals surface area contributed by atoms with Gasteiger partial charge in [-0.15, -0.1) is 0 Å². The van der Waals surface area contributed by atoms with E-state index < -0.39 is 12.0 Å². The van der Waals surface area contributed by atoms with Gasteiger partial charge in [-0.3, -0.25) is 9.59 Å². The Balaban J connectivity index is 1.75. The topological polar surface area (TPSA) is 58.6 Å². The first-order chi connectivity index (χ1) is 13.0. The highest BCUT2D eigenvalue weighted by atomic mass is 19.1. The average Bonchev–Trinajstić information content (AvgIpc) is 2.68. The Morgan fingerprint density at radius 3 is 2.67 bits per heavy atom. The zero-order chi connectivity index (χ0) is 19.4. The van der Waals surface area contributed by atoms with Crippen LogP contribution in [-0.4, -0.2) is 30.9 Å². The highest BCUT2D eigenvalue weighted by molar-refractivity contribution is 5.84. The summed E-state index contributed by atoms with van der Waals surface area (Å²) in [5, 5.41) is 2.94. The number of methoxy groups -OCH3 is 1. The first kappa shape index (κ1) is 18.9. The fourth-order valence-electron chi connectivity index (χ4n) is 3.52. The number of piperidine rings is 1. The van der Waals surface area contributed by atoms with Crippen molar-refractivity contribution in [1.82, 2.24) is 10.2 Å². The van der Waals surface area contributed by atoms with Gasteiger partial charge in [0.15, 0.2) is 0 Å². The van der Waals surface area contributed by atoms with E-state index in [0.29, 0.717) is 24.9 Å². The molecule has 2 aromatic carbocycles. The number of carbonyl (C=O) groups excluding carboxylic acids is 2. The lowest BCUT2D eigenvalue weighted by atomic mass is 9.84. The van der Waals surface area contributed by atoms with Gasteiger partial charge >= 0.3 is 0 Å². The minimum absolute atomic E-state index is 0.0385. The van der Waals surface area contributed by atoms with Crippen molar-refractivity contribution in [2.75, 3.05) is 14.2 Å². The molecular weight excluding hydrogens is 347 g/mol. The van der Waals surface area contributed by atoms with Crippen molar-refractivity contribution in [2.24, 2.45) is 5.92 Å². The fraction of sp³-hybridized carbons (Fsp3) is 0.333. The van der Waals surface area contributed by atoms with E-state index in [0.717, 1.165) is 11.3 Å². The molecule has 0 spiro atoms. The lowest BCUT2D eigenvalue weighted by Crippen LogP contribution is -2.46. The Morgan fingerprint density at radius 1 is 1.26 bits per heavy atom. The summed E-state index contributed by atoms with van der Waals surface area (Å²) < 4.78 is 18.8. The van der Waals surface area contributed by atoms with Gasteiger partial charge in [-0.1, -0.05) is 24.3 Å².